The van der Waals surface area contributed by atoms with Gasteiger partial charge in [-0.3, -0.25) is 0 Å². The summed E-state index contributed by atoms with van der Waals surface area (Å²) in [4.78, 5) is 0. The van der Waals surface area contributed by atoms with Crippen molar-refractivity contribution in [2.45, 2.75) is 51.7 Å². The molecule has 0 unspecified atom stereocenters. The number of hydrogen-bond donors (Lipinski definition) is 0. The molecule has 0 N–H and O–H groups in total. The Hall–Kier alpha value is -1.36. The zero-order chi connectivity index (χ0) is 14.2. The second kappa shape index (κ2) is 5.20. The van der Waals surface area contributed by atoms with Crippen molar-refractivity contribution in [1.29, 1.82) is 0 Å². The van der Waals surface area contributed by atoms with Crippen LogP contribution in [0.3, 0.4) is 0 Å². The van der Waals surface area contributed by atoms with Gasteiger partial charge >= 0.3 is 0 Å². The van der Waals surface area contributed by atoms with Gasteiger partial charge in [0.05, 0.1) is 6.61 Å². The molecule has 0 aliphatic carbocycles. The van der Waals surface area contributed by atoms with Crippen LogP contribution in [0, 0.1) is 0 Å². The molecule has 2 aliphatic rings. The lowest BCUT2D eigenvalue weighted by molar-refractivity contribution is -0.191. The van der Waals surface area contributed by atoms with Gasteiger partial charge < -0.3 is 18.9 Å². The summed E-state index contributed by atoms with van der Waals surface area (Å²) in [6.07, 6.45) is 1.11. The minimum atomic E-state index is -0.622. The molecule has 108 valence electrons. The van der Waals surface area contributed by atoms with Gasteiger partial charge in [-0.1, -0.05) is 30.3 Å². The third-order valence-electron chi connectivity index (χ3n) is 3.48. The molecule has 0 saturated carbocycles. The predicted molar refractivity (Wildman–Crippen MR) is 73.7 cm³/mol. The van der Waals surface area contributed by atoms with E-state index in [1.165, 1.54) is 0 Å². The Kier molecular flexibility index (Phi) is 3.54. The fraction of sp³-hybridized carbons (Fsp3) is 0.500. The van der Waals surface area contributed by atoms with Crippen LogP contribution in [0.25, 0.3) is 0 Å². The Bertz CT molecular complexity index is 494. The van der Waals surface area contributed by atoms with Crippen molar-refractivity contribution in [3.8, 4) is 0 Å². The molecule has 2 heterocycles. The highest BCUT2D eigenvalue weighted by Crippen LogP contribution is 2.40. The largest absolute Gasteiger partial charge is 0.464 e. The number of benzene rings is 1. The molecular formula is C16H20O4. The number of hydrogen-bond acceptors (Lipinski definition) is 4. The van der Waals surface area contributed by atoms with Crippen LogP contribution in [0.4, 0.5) is 0 Å². The molecule has 2 saturated heterocycles. The first-order chi connectivity index (χ1) is 9.59. The van der Waals surface area contributed by atoms with Crippen LogP contribution >= 0.6 is 0 Å². The topological polar surface area (TPSA) is 36.9 Å². The van der Waals surface area contributed by atoms with E-state index in [0.717, 1.165) is 11.3 Å². The molecule has 3 atom stereocenters. The molecule has 4 nitrogen and oxygen atoms in total. The van der Waals surface area contributed by atoms with Gasteiger partial charge in [0.2, 0.25) is 6.29 Å². The molecule has 0 amide bonds. The number of ether oxygens (including phenoxy) is 4. The smallest absolute Gasteiger partial charge is 0.231 e. The second-order valence-electron chi connectivity index (χ2n) is 5.49. The van der Waals surface area contributed by atoms with Crippen LogP contribution in [0.15, 0.2) is 42.2 Å². The normalized spacial score (nSPS) is 33.1. The molecule has 4 heteroatoms. The molecule has 3 rings (SSSR count). The van der Waals surface area contributed by atoms with E-state index < -0.39 is 5.79 Å². The molecule has 1 aromatic carbocycles. The average molecular weight is 276 g/mol. The van der Waals surface area contributed by atoms with E-state index in [9.17, 15) is 0 Å². The van der Waals surface area contributed by atoms with Crippen molar-refractivity contribution >= 4 is 0 Å². The maximum Gasteiger partial charge on any atom is 0.231 e. The van der Waals surface area contributed by atoms with Gasteiger partial charge in [-0.15, -0.1) is 0 Å². The van der Waals surface area contributed by atoms with Crippen molar-refractivity contribution in [1.82, 2.24) is 0 Å². The molecular weight excluding hydrogens is 256 g/mol. The van der Waals surface area contributed by atoms with E-state index in [0.29, 0.717) is 6.61 Å². The maximum absolute atomic E-state index is 6.00. The molecule has 2 aliphatic heterocycles. The van der Waals surface area contributed by atoms with E-state index in [1.54, 1.807) is 0 Å². The van der Waals surface area contributed by atoms with E-state index in [2.05, 4.69) is 0 Å². The van der Waals surface area contributed by atoms with Gasteiger partial charge in [-0.25, -0.2) is 0 Å². The van der Waals surface area contributed by atoms with Gasteiger partial charge in [0.15, 0.2) is 11.9 Å². The average Bonchev–Trinajstić information content (AvgIpc) is 2.89. The fourth-order valence-corrected chi connectivity index (χ4v) is 2.59. The Balaban J connectivity index is 1.70. The van der Waals surface area contributed by atoms with E-state index in [-0.39, 0.29) is 18.5 Å². The van der Waals surface area contributed by atoms with Crippen molar-refractivity contribution in [3.05, 3.63) is 47.7 Å². The SMILES string of the molecule is C/C=C1/O[C@@H]2OC(C)(C)O[C@@H]2[C@H]1OCc1ccccc1. The Morgan fingerprint density at radius 2 is 1.95 bits per heavy atom. The van der Waals surface area contributed by atoms with Crippen molar-refractivity contribution < 1.29 is 18.9 Å². The molecule has 0 radical (unpaired) electrons. The van der Waals surface area contributed by atoms with Crippen LogP contribution in [0.5, 0.6) is 0 Å². The highest BCUT2D eigenvalue weighted by Gasteiger charge is 2.53. The lowest BCUT2D eigenvalue weighted by atomic mass is 10.2. The van der Waals surface area contributed by atoms with Crippen LogP contribution in [-0.2, 0) is 25.6 Å². The van der Waals surface area contributed by atoms with Crippen molar-refractivity contribution in [2.75, 3.05) is 0 Å². The van der Waals surface area contributed by atoms with Gasteiger partial charge in [0.1, 0.15) is 11.9 Å². The quantitative estimate of drug-likeness (QED) is 0.850. The summed E-state index contributed by atoms with van der Waals surface area (Å²) >= 11 is 0. The van der Waals surface area contributed by atoms with E-state index >= 15 is 0 Å². The second-order valence-corrected chi connectivity index (χ2v) is 5.49. The molecule has 20 heavy (non-hydrogen) atoms. The lowest BCUT2D eigenvalue weighted by Gasteiger charge is -2.22. The third-order valence-corrected chi connectivity index (χ3v) is 3.48. The van der Waals surface area contributed by atoms with Crippen molar-refractivity contribution in [2.24, 2.45) is 0 Å². The lowest BCUT2D eigenvalue weighted by Crippen LogP contribution is -2.31. The van der Waals surface area contributed by atoms with Crippen molar-refractivity contribution in [3.63, 3.8) is 0 Å². The van der Waals surface area contributed by atoms with E-state index in [1.807, 2.05) is 57.2 Å². The molecule has 0 bridgehead atoms. The molecule has 2 fully saturated rings. The highest BCUT2D eigenvalue weighted by molar-refractivity contribution is 5.15. The zero-order valence-electron chi connectivity index (χ0n) is 12.0. The maximum atomic E-state index is 6.00. The first-order valence-corrected chi connectivity index (χ1v) is 6.93. The van der Waals surface area contributed by atoms with Crippen LogP contribution in [-0.4, -0.2) is 24.3 Å². The summed E-state index contributed by atoms with van der Waals surface area (Å²) in [5.41, 5.74) is 1.13. The molecule has 0 aromatic heterocycles. The van der Waals surface area contributed by atoms with Crippen LogP contribution in [0.1, 0.15) is 26.3 Å². The fourth-order valence-electron chi connectivity index (χ4n) is 2.59. The number of allylic oxidation sites excluding steroid dienone is 1. The summed E-state index contributed by atoms with van der Waals surface area (Å²) in [6, 6.07) is 10.1. The summed E-state index contributed by atoms with van der Waals surface area (Å²) in [6.45, 7) is 6.23. The Labute approximate surface area is 119 Å². The number of fused-ring (bicyclic) bond motifs is 1. The predicted octanol–water partition coefficient (Wildman–Crippen LogP) is 2.98. The summed E-state index contributed by atoms with van der Waals surface area (Å²) in [5.74, 6) is 0.162. The van der Waals surface area contributed by atoms with E-state index in [4.69, 9.17) is 18.9 Å². The first-order valence-electron chi connectivity index (χ1n) is 6.93. The summed E-state index contributed by atoms with van der Waals surface area (Å²) in [5, 5.41) is 0. The summed E-state index contributed by atoms with van der Waals surface area (Å²) in [7, 11) is 0. The standard InChI is InChI=1S/C16H20O4/c1-4-12-13(17-10-11-8-6-5-7-9-11)14-15(18-12)20-16(2,3)19-14/h4-9,13-15H,10H2,1-3H3/b12-4+/t13-,14+,15+/m0/s1. The van der Waals surface area contributed by atoms with Gasteiger partial charge in [-0.05, 0) is 32.4 Å². The highest BCUT2D eigenvalue weighted by atomic mass is 16.8. The minimum Gasteiger partial charge on any atom is -0.464 e. The van der Waals surface area contributed by atoms with Gasteiger partial charge in [-0.2, -0.15) is 0 Å². The Morgan fingerprint density at radius 1 is 1.20 bits per heavy atom. The monoisotopic (exact) mass is 276 g/mol. The van der Waals surface area contributed by atoms with Gasteiger partial charge in [0.25, 0.3) is 0 Å². The first kappa shape index (κ1) is 13.6. The number of rotatable bonds is 3. The minimum absolute atomic E-state index is 0.208. The van der Waals surface area contributed by atoms with Crippen LogP contribution in [0.2, 0.25) is 0 Å². The Morgan fingerprint density at radius 3 is 2.65 bits per heavy atom. The molecule has 0 spiro atoms. The molecule has 1 aromatic rings. The van der Waals surface area contributed by atoms with Gasteiger partial charge in [0, 0.05) is 0 Å². The van der Waals surface area contributed by atoms with Crippen LogP contribution < -0.4 is 0 Å². The zero-order valence-corrected chi connectivity index (χ0v) is 12.0. The third kappa shape index (κ3) is 2.59. The summed E-state index contributed by atoms with van der Waals surface area (Å²) < 4.78 is 23.4.